The van der Waals surface area contributed by atoms with Gasteiger partial charge in [0.1, 0.15) is 12.3 Å². The second-order valence-electron chi connectivity index (χ2n) is 7.84. The number of ether oxygens (including phenoxy) is 2. The van der Waals surface area contributed by atoms with Gasteiger partial charge in [-0.1, -0.05) is 12.1 Å². The van der Waals surface area contributed by atoms with E-state index in [1.54, 1.807) is 26.1 Å². The normalized spacial score (nSPS) is 15.1. The molecule has 0 aliphatic carbocycles. The molecule has 1 aliphatic rings. The molecule has 1 saturated heterocycles. The largest absolute Gasteiger partial charge is 0.497 e. The topological polar surface area (TPSA) is 78.4 Å². The van der Waals surface area contributed by atoms with Crippen LogP contribution < -0.4 is 15.4 Å². The first-order valence-electron chi connectivity index (χ1n) is 11.2. The van der Waals surface area contributed by atoms with Gasteiger partial charge in [0.15, 0.2) is 5.96 Å². The summed E-state index contributed by atoms with van der Waals surface area (Å²) in [7, 11) is 5.17. The third kappa shape index (κ3) is 9.91. The molecule has 2 rings (SSSR count). The maximum atomic E-state index is 12.0. The number of rotatable bonds is 12. The molecule has 0 saturated carbocycles. The van der Waals surface area contributed by atoms with E-state index in [0.29, 0.717) is 19.1 Å². The van der Waals surface area contributed by atoms with E-state index >= 15 is 0 Å². The molecule has 1 atom stereocenters. The zero-order valence-corrected chi connectivity index (χ0v) is 22.3. The van der Waals surface area contributed by atoms with Crippen molar-refractivity contribution in [2.45, 2.75) is 32.2 Å². The predicted octanol–water partition coefficient (Wildman–Crippen LogP) is 2.50. The smallest absolute Gasteiger partial charge is 0.243 e. The summed E-state index contributed by atoms with van der Waals surface area (Å²) in [5.74, 6) is 1.49. The fourth-order valence-corrected chi connectivity index (χ4v) is 3.52. The van der Waals surface area contributed by atoms with Crippen molar-refractivity contribution >= 4 is 35.8 Å². The van der Waals surface area contributed by atoms with E-state index in [1.807, 2.05) is 19.1 Å². The number of guanidine groups is 1. The number of likely N-dealkylation sites (N-methyl/N-ethyl adjacent to an activating group) is 1. The van der Waals surface area contributed by atoms with Gasteiger partial charge in [-0.3, -0.25) is 9.69 Å². The van der Waals surface area contributed by atoms with E-state index in [2.05, 4.69) is 32.7 Å². The number of amides is 1. The first-order valence-corrected chi connectivity index (χ1v) is 11.2. The number of aliphatic imine (C=N–C) groups is 1. The Morgan fingerprint density at radius 1 is 1.19 bits per heavy atom. The van der Waals surface area contributed by atoms with Crippen LogP contribution in [0, 0.1) is 0 Å². The van der Waals surface area contributed by atoms with Gasteiger partial charge in [-0.05, 0) is 57.0 Å². The van der Waals surface area contributed by atoms with Crippen molar-refractivity contribution in [2.75, 3.05) is 67.1 Å². The Morgan fingerprint density at radius 2 is 1.88 bits per heavy atom. The molecular formula is C23H40IN5O3. The van der Waals surface area contributed by atoms with Crippen molar-refractivity contribution < 1.29 is 14.3 Å². The lowest BCUT2D eigenvalue weighted by atomic mass is 10.1. The average Bonchev–Trinajstić information content (AvgIpc) is 3.31. The summed E-state index contributed by atoms with van der Waals surface area (Å²) in [6.45, 7) is 7.15. The number of carbonyl (C=O) groups is 1. The molecule has 1 amide bonds. The van der Waals surface area contributed by atoms with Crippen molar-refractivity contribution in [1.29, 1.82) is 0 Å². The standard InChI is InChI=1S/C23H39N5O3.HI/c1-5-31-16-8-13-24-23(26-18-22(29)27(2)3)25-17-21(28-14-6-7-15-28)19-9-11-20(30-4)12-10-19;/h9-12,21H,5-8,13-18H2,1-4H3,(H2,24,25,26);1H. The second kappa shape index (κ2) is 16.1. The summed E-state index contributed by atoms with van der Waals surface area (Å²) >= 11 is 0. The number of benzene rings is 1. The second-order valence-corrected chi connectivity index (χ2v) is 7.84. The number of hydrogen-bond donors (Lipinski definition) is 2. The molecule has 8 nitrogen and oxygen atoms in total. The number of hydrogen-bond acceptors (Lipinski definition) is 5. The van der Waals surface area contributed by atoms with Crippen LogP contribution in [0.4, 0.5) is 0 Å². The summed E-state index contributed by atoms with van der Waals surface area (Å²) in [5, 5.41) is 6.80. The molecular weight excluding hydrogens is 521 g/mol. The number of nitrogens with zero attached hydrogens (tertiary/aromatic N) is 3. The van der Waals surface area contributed by atoms with E-state index < -0.39 is 0 Å². The molecule has 0 radical (unpaired) electrons. The third-order valence-corrected chi connectivity index (χ3v) is 5.38. The van der Waals surface area contributed by atoms with Crippen LogP contribution in [0.3, 0.4) is 0 Å². The fraction of sp³-hybridized carbons (Fsp3) is 0.652. The van der Waals surface area contributed by atoms with Crippen molar-refractivity contribution in [2.24, 2.45) is 4.99 Å². The molecule has 32 heavy (non-hydrogen) atoms. The number of likely N-dealkylation sites (tertiary alicyclic amines) is 1. The molecule has 0 bridgehead atoms. The molecule has 2 N–H and O–H groups in total. The van der Waals surface area contributed by atoms with Gasteiger partial charge in [0.05, 0.1) is 13.2 Å². The first kappa shape index (κ1) is 28.4. The molecule has 1 fully saturated rings. The predicted molar refractivity (Wildman–Crippen MR) is 140 cm³/mol. The van der Waals surface area contributed by atoms with Crippen LogP contribution in [0.2, 0.25) is 0 Å². The lowest BCUT2D eigenvalue weighted by molar-refractivity contribution is -0.127. The van der Waals surface area contributed by atoms with E-state index in [0.717, 1.165) is 38.4 Å². The molecule has 9 heteroatoms. The SMILES string of the molecule is CCOCCCNC(=NCC(=O)N(C)C)NCC(c1ccc(OC)cc1)N1CCCC1.I. The lowest BCUT2D eigenvalue weighted by Crippen LogP contribution is -2.43. The summed E-state index contributed by atoms with van der Waals surface area (Å²) in [5.41, 5.74) is 1.25. The number of halogens is 1. The van der Waals surface area contributed by atoms with E-state index in [4.69, 9.17) is 9.47 Å². The Labute approximate surface area is 210 Å². The Kier molecular flexibility index (Phi) is 14.3. The van der Waals surface area contributed by atoms with E-state index in [9.17, 15) is 4.79 Å². The average molecular weight is 562 g/mol. The van der Waals surface area contributed by atoms with Crippen LogP contribution >= 0.6 is 24.0 Å². The number of nitrogens with one attached hydrogen (secondary N) is 2. The Balaban J connectivity index is 0.00000512. The van der Waals surface area contributed by atoms with E-state index in [-0.39, 0.29) is 42.5 Å². The minimum Gasteiger partial charge on any atom is -0.497 e. The zero-order valence-electron chi connectivity index (χ0n) is 19.9. The van der Waals surface area contributed by atoms with Gasteiger partial charge < -0.3 is 25.0 Å². The summed E-state index contributed by atoms with van der Waals surface area (Å²) < 4.78 is 10.7. The van der Waals surface area contributed by atoms with Crippen LogP contribution in [-0.4, -0.2) is 88.8 Å². The molecule has 1 unspecified atom stereocenters. The van der Waals surface area contributed by atoms with Gasteiger partial charge in [0.2, 0.25) is 5.91 Å². The minimum atomic E-state index is -0.0262. The quantitative estimate of drug-likeness (QED) is 0.177. The fourth-order valence-electron chi connectivity index (χ4n) is 3.52. The van der Waals surface area contributed by atoms with Gasteiger partial charge in [0.25, 0.3) is 0 Å². The maximum absolute atomic E-state index is 12.0. The van der Waals surface area contributed by atoms with Gasteiger partial charge in [-0.15, -0.1) is 24.0 Å². The van der Waals surface area contributed by atoms with Gasteiger partial charge in [-0.2, -0.15) is 0 Å². The summed E-state index contributed by atoms with van der Waals surface area (Å²) in [6, 6.07) is 8.51. The van der Waals surface area contributed by atoms with Gasteiger partial charge in [-0.25, -0.2) is 4.99 Å². The van der Waals surface area contributed by atoms with Crippen molar-refractivity contribution in [1.82, 2.24) is 20.4 Å². The van der Waals surface area contributed by atoms with Crippen molar-refractivity contribution in [3.63, 3.8) is 0 Å². The van der Waals surface area contributed by atoms with Crippen LogP contribution in [0.15, 0.2) is 29.3 Å². The third-order valence-electron chi connectivity index (χ3n) is 5.38. The highest BCUT2D eigenvalue weighted by Gasteiger charge is 2.23. The van der Waals surface area contributed by atoms with E-state index in [1.165, 1.54) is 18.4 Å². The lowest BCUT2D eigenvalue weighted by Gasteiger charge is -2.29. The van der Waals surface area contributed by atoms with Crippen LogP contribution in [0.1, 0.15) is 37.8 Å². The molecule has 1 aliphatic heterocycles. The van der Waals surface area contributed by atoms with Crippen molar-refractivity contribution in [3.05, 3.63) is 29.8 Å². The highest BCUT2D eigenvalue weighted by molar-refractivity contribution is 14.0. The Morgan fingerprint density at radius 3 is 2.47 bits per heavy atom. The molecule has 1 heterocycles. The molecule has 0 aromatic heterocycles. The molecule has 0 spiro atoms. The summed E-state index contributed by atoms with van der Waals surface area (Å²) in [6.07, 6.45) is 3.32. The Bertz CT molecular complexity index is 679. The van der Waals surface area contributed by atoms with Crippen LogP contribution in [-0.2, 0) is 9.53 Å². The summed E-state index contributed by atoms with van der Waals surface area (Å²) in [4.78, 5) is 20.6. The Hall–Kier alpha value is -1.59. The van der Waals surface area contributed by atoms with Crippen LogP contribution in [0.5, 0.6) is 5.75 Å². The van der Waals surface area contributed by atoms with Crippen molar-refractivity contribution in [3.8, 4) is 5.75 Å². The minimum absolute atomic E-state index is 0. The monoisotopic (exact) mass is 561 g/mol. The first-order chi connectivity index (χ1) is 15.0. The molecule has 182 valence electrons. The molecule has 1 aromatic rings. The highest BCUT2D eigenvalue weighted by Crippen LogP contribution is 2.26. The van der Waals surface area contributed by atoms with Crippen LogP contribution in [0.25, 0.3) is 0 Å². The number of methoxy groups -OCH3 is 1. The number of carbonyl (C=O) groups excluding carboxylic acids is 1. The van der Waals surface area contributed by atoms with Gasteiger partial charge >= 0.3 is 0 Å². The molecule has 1 aromatic carbocycles. The highest BCUT2D eigenvalue weighted by atomic mass is 127. The van der Waals surface area contributed by atoms with Gasteiger partial charge in [0, 0.05) is 40.4 Å². The zero-order chi connectivity index (χ0) is 22.5. The maximum Gasteiger partial charge on any atom is 0.243 e.